The molecule has 0 aliphatic heterocycles. The number of aromatic nitrogens is 2. The molecule has 3 aromatic rings. The molecule has 6 nitrogen and oxygen atoms in total. The number of amides is 1. The highest BCUT2D eigenvalue weighted by Gasteiger charge is 2.15. The molecule has 0 atom stereocenters. The minimum atomic E-state index is -0.410. The second kappa shape index (κ2) is 10.3. The largest absolute Gasteiger partial charge is 0.383 e. The van der Waals surface area contributed by atoms with E-state index in [1.54, 1.807) is 35.9 Å². The van der Waals surface area contributed by atoms with Crippen LogP contribution in [0.5, 0.6) is 0 Å². The highest BCUT2D eigenvalue weighted by molar-refractivity contribution is 7.98. The fraction of sp³-hybridized carbons (Fsp3) is 0.318. The average Bonchev–Trinajstić information content (AvgIpc) is 2.72. The van der Waals surface area contributed by atoms with Gasteiger partial charge in [-0.05, 0) is 49.7 Å². The summed E-state index contributed by atoms with van der Waals surface area (Å²) in [4.78, 5) is 30.1. The predicted octanol–water partition coefficient (Wildman–Crippen LogP) is 4.27. The lowest BCUT2D eigenvalue weighted by atomic mass is 10.1. The van der Waals surface area contributed by atoms with E-state index in [-0.39, 0.29) is 17.5 Å². The quantitative estimate of drug-likeness (QED) is 0.399. The first-order chi connectivity index (χ1) is 14.8. The van der Waals surface area contributed by atoms with Gasteiger partial charge in [-0.25, -0.2) is 9.37 Å². The Morgan fingerprint density at radius 1 is 1.29 bits per heavy atom. The Kier molecular flexibility index (Phi) is 7.69. The number of carbonyl (C=O) groups is 1. The van der Waals surface area contributed by atoms with Gasteiger partial charge in [-0.3, -0.25) is 14.2 Å². The topological polar surface area (TPSA) is 73.2 Å². The zero-order valence-corrected chi connectivity index (χ0v) is 19.0. The highest BCUT2D eigenvalue weighted by Crippen LogP contribution is 2.27. The number of hydrogen-bond acceptors (Lipinski definition) is 5. The summed E-state index contributed by atoms with van der Waals surface area (Å²) in [5, 5.41) is 4.03. The monoisotopic (exact) mass is 463 g/mol. The van der Waals surface area contributed by atoms with E-state index < -0.39 is 5.82 Å². The van der Waals surface area contributed by atoms with E-state index >= 15 is 0 Å². The first-order valence-electron chi connectivity index (χ1n) is 9.71. The molecule has 9 heteroatoms. The number of carbonyl (C=O) groups excluding carboxylic acids is 1. The Morgan fingerprint density at radius 2 is 2.06 bits per heavy atom. The zero-order valence-electron chi connectivity index (χ0n) is 17.4. The maximum absolute atomic E-state index is 13.3. The van der Waals surface area contributed by atoms with Gasteiger partial charge in [0.05, 0.1) is 24.1 Å². The molecular formula is C22H23ClFN3O3S. The molecule has 0 saturated heterocycles. The van der Waals surface area contributed by atoms with Gasteiger partial charge in [0, 0.05) is 29.5 Å². The maximum atomic E-state index is 13.3. The molecule has 1 heterocycles. The van der Waals surface area contributed by atoms with Gasteiger partial charge in [0.1, 0.15) is 5.82 Å². The molecule has 164 valence electrons. The van der Waals surface area contributed by atoms with Gasteiger partial charge < -0.3 is 10.1 Å². The third-order valence-corrected chi connectivity index (χ3v) is 5.87. The van der Waals surface area contributed by atoms with Gasteiger partial charge in [-0.2, -0.15) is 0 Å². The van der Waals surface area contributed by atoms with E-state index in [0.717, 1.165) is 5.56 Å². The molecule has 0 unspecified atom stereocenters. The molecule has 1 N–H and O–H groups in total. The lowest BCUT2D eigenvalue weighted by molar-refractivity contribution is 0.0943. The summed E-state index contributed by atoms with van der Waals surface area (Å²) in [7, 11) is 1.56. The molecule has 0 fully saturated rings. The second-order valence-electron chi connectivity index (χ2n) is 7.23. The van der Waals surface area contributed by atoms with E-state index in [2.05, 4.69) is 10.3 Å². The minimum Gasteiger partial charge on any atom is -0.383 e. The number of methoxy groups -OCH3 is 1. The summed E-state index contributed by atoms with van der Waals surface area (Å²) in [6.45, 7) is 4.42. The summed E-state index contributed by atoms with van der Waals surface area (Å²) in [6, 6.07) is 9.05. The van der Waals surface area contributed by atoms with Crippen LogP contribution in [-0.2, 0) is 17.0 Å². The number of fused-ring (bicyclic) bond motifs is 1. The van der Waals surface area contributed by atoms with Gasteiger partial charge in [-0.15, -0.1) is 0 Å². The van der Waals surface area contributed by atoms with Crippen molar-refractivity contribution in [1.82, 2.24) is 14.9 Å². The number of benzene rings is 2. The van der Waals surface area contributed by atoms with Crippen molar-refractivity contribution in [2.75, 3.05) is 13.7 Å². The van der Waals surface area contributed by atoms with Gasteiger partial charge in [0.15, 0.2) is 5.16 Å². The van der Waals surface area contributed by atoms with Crippen LogP contribution < -0.4 is 10.9 Å². The Bertz CT molecular complexity index is 1170. The fourth-order valence-corrected chi connectivity index (χ4v) is 4.30. The zero-order chi connectivity index (χ0) is 22.5. The van der Waals surface area contributed by atoms with Crippen LogP contribution in [0, 0.1) is 5.82 Å². The van der Waals surface area contributed by atoms with Crippen molar-refractivity contribution in [2.24, 2.45) is 0 Å². The van der Waals surface area contributed by atoms with Crippen molar-refractivity contribution in [2.45, 2.75) is 37.3 Å². The van der Waals surface area contributed by atoms with Gasteiger partial charge >= 0.3 is 0 Å². The average molecular weight is 464 g/mol. The summed E-state index contributed by atoms with van der Waals surface area (Å²) >= 11 is 7.45. The van der Waals surface area contributed by atoms with Crippen molar-refractivity contribution in [1.29, 1.82) is 0 Å². The maximum Gasteiger partial charge on any atom is 0.262 e. The summed E-state index contributed by atoms with van der Waals surface area (Å²) < 4.78 is 20.0. The molecule has 1 amide bonds. The van der Waals surface area contributed by atoms with Crippen molar-refractivity contribution >= 4 is 40.2 Å². The number of thioether (sulfide) groups is 1. The van der Waals surface area contributed by atoms with Crippen molar-refractivity contribution < 1.29 is 13.9 Å². The SMILES string of the molecule is COCCn1c(SCc2ccc(F)cc2Cl)nc2cc(C(=O)NC(C)C)ccc2c1=O. The molecule has 0 aliphatic rings. The molecule has 0 bridgehead atoms. The molecule has 2 aromatic carbocycles. The number of rotatable bonds is 8. The van der Waals surface area contributed by atoms with Gasteiger partial charge in [0.25, 0.3) is 11.5 Å². The normalized spacial score (nSPS) is 11.3. The molecular weight excluding hydrogens is 441 g/mol. The first kappa shape index (κ1) is 23.2. The van der Waals surface area contributed by atoms with E-state index in [1.807, 2.05) is 13.8 Å². The Labute approximate surface area is 188 Å². The molecule has 31 heavy (non-hydrogen) atoms. The molecule has 0 radical (unpaired) electrons. The van der Waals surface area contributed by atoms with Crippen LogP contribution in [0.4, 0.5) is 4.39 Å². The van der Waals surface area contributed by atoms with E-state index in [0.29, 0.717) is 45.5 Å². The molecule has 1 aromatic heterocycles. The standard InChI is InChI=1S/C22H23ClFN3O3S/c1-13(2)25-20(28)14-5-7-17-19(10-14)26-22(27(21(17)29)8-9-30-3)31-12-15-4-6-16(24)11-18(15)23/h4-7,10-11,13H,8-9,12H2,1-3H3,(H,25,28). The number of nitrogens with one attached hydrogen (secondary N) is 1. The fourth-order valence-electron chi connectivity index (χ4n) is 2.96. The lowest BCUT2D eigenvalue weighted by Crippen LogP contribution is -2.30. The number of ether oxygens (including phenoxy) is 1. The highest BCUT2D eigenvalue weighted by atomic mass is 35.5. The van der Waals surface area contributed by atoms with Crippen molar-refractivity contribution in [3.05, 3.63) is 68.7 Å². The molecule has 3 rings (SSSR count). The van der Waals surface area contributed by atoms with Gasteiger partial charge in [0.2, 0.25) is 0 Å². The number of hydrogen-bond donors (Lipinski definition) is 1. The smallest absolute Gasteiger partial charge is 0.262 e. The molecule has 0 spiro atoms. The minimum absolute atomic E-state index is 0.00947. The Balaban J connectivity index is 2.01. The second-order valence-corrected chi connectivity index (χ2v) is 8.58. The number of nitrogens with zero attached hydrogens (tertiary/aromatic N) is 2. The Morgan fingerprint density at radius 3 is 2.74 bits per heavy atom. The van der Waals surface area contributed by atoms with Crippen LogP contribution in [0.2, 0.25) is 5.02 Å². The third kappa shape index (κ3) is 5.64. The van der Waals surface area contributed by atoms with Crippen LogP contribution in [0.1, 0.15) is 29.8 Å². The van der Waals surface area contributed by atoms with E-state index in [4.69, 9.17) is 16.3 Å². The van der Waals surface area contributed by atoms with Crippen molar-refractivity contribution in [3.63, 3.8) is 0 Å². The van der Waals surface area contributed by atoms with E-state index in [9.17, 15) is 14.0 Å². The Hall–Kier alpha value is -2.42. The molecule has 0 aliphatic carbocycles. The van der Waals surface area contributed by atoms with Crippen LogP contribution in [0.15, 0.2) is 46.3 Å². The first-order valence-corrected chi connectivity index (χ1v) is 11.1. The van der Waals surface area contributed by atoms with Crippen LogP contribution >= 0.6 is 23.4 Å². The van der Waals surface area contributed by atoms with Crippen molar-refractivity contribution in [3.8, 4) is 0 Å². The van der Waals surface area contributed by atoms with Gasteiger partial charge in [-0.1, -0.05) is 29.4 Å². The molecule has 0 saturated carbocycles. The van der Waals surface area contributed by atoms with Crippen LogP contribution in [-0.4, -0.2) is 35.2 Å². The summed E-state index contributed by atoms with van der Waals surface area (Å²) in [6.07, 6.45) is 0. The summed E-state index contributed by atoms with van der Waals surface area (Å²) in [5.41, 5.74) is 1.37. The van der Waals surface area contributed by atoms with E-state index in [1.165, 1.54) is 23.9 Å². The number of halogens is 2. The van der Waals surface area contributed by atoms with Crippen LogP contribution in [0.25, 0.3) is 10.9 Å². The summed E-state index contributed by atoms with van der Waals surface area (Å²) in [5.74, 6) is -0.237. The third-order valence-electron chi connectivity index (χ3n) is 4.49. The lowest BCUT2D eigenvalue weighted by Gasteiger charge is -2.14. The predicted molar refractivity (Wildman–Crippen MR) is 121 cm³/mol. The van der Waals surface area contributed by atoms with Crippen LogP contribution in [0.3, 0.4) is 0 Å².